The number of sulfonamides is 1. The van der Waals surface area contributed by atoms with Crippen LogP contribution in [0.1, 0.15) is 28.7 Å². The summed E-state index contributed by atoms with van der Waals surface area (Å²) in [4.78, 5) is 16.3. The van der Waals surface area contributed by atoms with Gasteiger partial charge in [0.15, 0.2) is 0 Å². The summed E-state index contributed by atoms with van der Waals surface area (Å²) < 4.78 is 70.6. The lowest BCUT2D eigenvalue weighted by Crippen LogP contribution is -2.30. The van der Waals surface area contributed by atoms with Crippen molar-refractivity contribution in [2.45, 2.75) is 25.4 Å². The number of rotatable bonds is 10. The molecular weight excluding hydrogens is 666 g/mol. The molecule has 14 heteroatoms. The number of carbonyl (C=O) groups is 1. The SMILES string of the molecule is CCn1cc(-c2ccc(Cl)cc2Cl)nc1Cc1ccc(-c2ccc(Oc3cc(NS(=O)(=O)C(F)(F)F)cc(C(=O)O)c3)cc2)cc1. The topological polar surface area (TPSA) is 111 Å². The first-order valence-electron chi connectivity index (χ1n) is 13.6. The summed E-state index contributed by atoms with van der Waals surface area (Å²) in [5.74, 6) is -0.541. The zero-order valence-corrected chi connectivity index (χ0v) is 26.2. The molecule has 238 valence electrons. The fraction of sp³-hybridized carbons (Fsp3) is 0.125. The van der Waals surface area contributed by atoms with Crippen LogP contribution in [0.15, 0.2) is 91.1 Å². The Hall–Kier alpha value is -4.52. The zero-order valence-electron chi connectivity index (χ0n) is 23.8. The summed E-state index contributed by atoms with van der Waals surface area (Å²) in [5, 5.41) is 10.4. The van der Waals surface area contributed by atoms with Crippen molar-refractivity contribution in [2.75, 3.05) is 4.72 Å². The molecule has 0 bridgehead atoms. The van der Waals surface area contributed by atoms with Gasteiger partial charge in [0, 0.05) is 35.8 Å². The highest BCUT2D eigenvalue weighted by Gasteiger charge is 2.46. The maximum Gasteiger partial charge on any atom is 0.516 e. The minimum absolute atomic E-state index is 0.177. The molecular formula is C32H24Cl2F3N3O5S. The number of carboxylic acids is 1. The number of alkyl halides is 3. The van der Waals surface area contributed by atoms with Crippen LogP contribution in [0.25, 0.3) is 22.4 Å². The van der Waals surface area contributed by atoms with Gasteiger partial charge >= 0.3 is 21.5 Å². The average molecular weight is 691 g/mol. The molecule has 8 nitrogen and oxygen atoms in total. The molecule has 5 aromatic rings. The molecule has 0 saturated carbocycles. The van der Waals surface area contributed by atoms with Crippen LogP contribution in [0.4, 0.5) is 18.9 Å². The lowest BCUT2D eigenvalue weighted by atomic mass is 10.0. The Morgan fingerprint density at radius 2 is 1.59 bits per heavy atom. The summed E-state index contributed by atoms with van der Waals surface area (Å²) >= 11 is 12.4. The lowest BCUT2D eigenvalue weighted by molar-refractivity contribution is -0.0429. The summed E-state index contributed by atoms with van der Waals surface area (Å²) in [7, 11) is -5.77. The predicted molar refractivity (Wildman–Crippen MR) is 170 cm³/mol. The highest BCUT2D eigenvalue weighted by atomic mass is 35.5. The quantitative estimate of drug-likeness (QED) is 0.152. The zero-order chi connectivity index (χ0) is 33.2. The van der Waals surface area contributed by atoms with E-state index < -0.39 is 32.8 Å². The van der Waals surface area contributed by atoms with E-state index in [9.17, 15) is 31.5 Å². The minimum atomic E-state index is -5.77. The first-order valence-corrected chi connectivity index (χ1v) is 15.8. The summed E-state index contributed by atoms with van der Waals surface area (Å²) in [6.07, 6.45) is 2.55. The molecule has 2 N–H and O–H groups in total. The third-order valence-corrected chi connectivity index (χ3v) is 8.52. The lowest BCUT2D eigenvalue weighted by Gasteiger charge is -2.13. The van der Waals surface area contributed by atoms with E-state index in [0.717, 1.165) is 58.5 Å². The third kappa shape index (κ3) is 7.47. The highest BCUT2D eigenvalue weighted by molar-refractivity contribution is 7.93. The number of hydrogen-bond acceptors (Lipinski definition) is 5. The summed E-state index contributed by atoms with van der Waals surface area (Å²) in [5.41, 5.74) is -2.35. The molecule has 46 heavy (non-hydrogen) atoms. The number of aromatic carboxylic acids is 1. The van der Waals surface area contributed by atoms with Crippen LogP contribution in [0.3, 0.4) is 0 Å². The van der Waals surface area contributed by atoms with Gasteiger partial charge in [-0.05, 0) is 66.1 Å². The minimum Gasteiger partial charge on any atom is -0.478 e. The van der Waals surface area contributed by atoms with Gasteiger partial charge in [-0.2, -0.15) is 21.6 Å². The van der Waals surface area contributed by atoms with Gasteiger partial charge in [-0.25, -0.2) is 9.78 Å². The van der Waals surface area contributed by atoms with E-state index in [0.29, 0.717) is 16.5 Å². The van der Waals surface area contributed by atoms with Crippen molar-refractivity contribution in [2.24, 2.45) is 0 Å². The molecule has 0 radical (unpaired) electrons. The highest BCUT2D eigenvalue weighted by Crippen LogP contribution is 2.33. The Labute approximate surface area is 272 Å². The van der Waals surface area contributed by atoms with Crippen molar-refractivity contribution in [1.29, 1.82) is 0 Å². The van der Waals surface area contributed by atoms with Gasteiger partial charge < -0.3 is 14.4 Å². The van der Waals surface area contributed by atoms with E-state index in [1.54, 1.807) is 36.4 Å². The molecule has 0 aliphatic carbocycles. The number of nitrogens with zero attached hydrogens (tertiary/aromatic N) is 2. The van der Waals surface area contributed by atoms with Gasteiger partial charge in [0.1, 0.15) is 17.3 Å². The molecule has 4 aromatic carbocycles. The van der Waals surface area contributed by atoms with Crippen LogP contribution in [-0.4, -0.2) is 34.6 Å². The van der Waals surface area contributed by atoms with Gasteiger partial charge in [0.2, 0.25) is 0 Å². The van der Waals surface area contributed by atoms with E-state index in [-0.39, 0.29) is 11.5 Å². The number of ether oxygens (including phenoxy) is 1. The normalized spacial score (nSPS) is 11.8. The van der Waals surface area contributed by atoms with Crippen LogP contribution in [0.5, 0.6) is 11.5 Å². The molecule has 0 saturated heterocycles. The van der Waals surface area contributed by atoms with Crippen LogP contribution >= 0.6 is 23.2 Å². The Morgan fingerprint density at radius 1 is 0.935 bits per heavy atom. The molecule has 0 fully saturated rings. The molecule has 1 aromatic heterocycles. The smallest absolute Gasteiger partial charge is 0.478 e. The average Bonchev–Trinajstić information content (AvgIpc) is 3.39. The Kier molecular flexibility index (Phi) is 9.34. The standard InChI is InChI=1S/C32H24Cl2F3N3O5S/c1-2-40-18-29(27-12-9-23(33)16-28(27)34)38-30(40)13-19-3-5-20(6-4-19)21-7-10-25(11-8-21)45-26-15-22(31(41)42)14-24(17-26)39-46(43,44)32(35,36)37/h3-12,14-18,39H,2,13H2,1H3,(H,41,42). The maximum atomic E-state index is 12.8. The van der Waals surface area contributed by atoms with E-state index in [1.807, 2.05) is 43.5 Å². The third-order valence-electron chi connectivity index (χ3n) is 6.86. The second kappa shape index (κ2) is 13.1. The first-order chi connectivity index (χ1) is 21.7. The van der Waals surface area contributed by atoms with Gasteiger partial charge in [0.25, 0.3) is 0 Å². The molecule has 5 rings (SSSR count). The van der Waals surface area contributed by atoms with Gasteiger partial charge in [-0.15, -0.1) is 0 Å². The molecule has 0 aliphatic rings. The second-order valence-electron chi connectivity index (χ2n) is 10.1. The van der Waals surface area contributed by atoms with E-state index >= 15 is 0 Å². The number of hydrogen-bond donors (Lipinski definition) is 2. The molecule has 1 heterocycles. The summed E-state index contributed by atoms with van der Waals surface area (Å²) in [6.45, 7) is 2.76. The molecule has 0 aliphatic heterocycles. The fourth-order valence-electron chi connectivity index (χ4n) is 4.60. The van der Waals surface area contributed by atoms with Crippen LogP contribution in [0, 0.1) is 0 Å². The van der Waals surface area contributed by atoms with Gasteiger partial charge in [0.05, 0.1) is 22.0 Å². The number of halogens is 5. The van der Waals surface area contributed by atoms with Crippen LogP contribution in [-0.2, 0) is 23.0 Å². The first kappa shape index (κ1) is 32.9. The second-order valence-corrected chi connectivity index (χ2v) is 12.6. The Balaban J connectivity index is 1.30. The van der Waals surface area contributed by atoms with Gasteiger partial charge in [-0.3, -0.25) is 4.72 Å². The van der Waals surface area contributed by atoms with Crippen molar-refractivity contribution in [1.82, 2.24) is 9.55 Å². The molecule has 0 unspecified atom stereocenters. The van der Waals surface area contributed by atoms with Gasteiger partial charge in [-0.1, -0.05) is 59.6 Å². The van der Waals surface area contributed by atoms with E-state index in [1.165, 1.54) is 4.72 Å². The number of benzene rings is 4. The van der Waals surface area contributed by atoms with Crippen LogP contribution < -0.4 is 9.46 Å². The Morgan fingerprint density at radius 3 is 2.17 bits per heavy atom. The van der Waals surface area contributed by atoms with Crippen molar-refractivity contribution >= 4 is 44.9 Å². The summed E-state index contributed by atoms with van der Waals surface area (Å²) in [6, 6.07) is 22.7. The van der Waals surface area contributed by atoms with Crippen molar-refractivity contribution in [3.05, 3.63) is 118 Å². The number of nitrogens with one attached hydrogen (secondary N) is 1. The van der Waals surface area contributed by atoms with E-state index in [4.69, 9.17) is 32.9 Å². The number of anilines is 1. The number of carboxylic acid groups (broad SMARTS) is 1. The number of aryl methyl sites for hydroxylation is 1. The largest absolute Gasteiger partial charge is 0.516 e. The number of imidazole rings is 1. The van der Waals surface area contributed by atoms with Crippen molar-refractivity contribution < 1.29 is 36.2 Å². The molecule has 0 atom stereocenters. The fourth-order valence-corrected chi connectivity index (χ4v) is 5.65. The maximum absolute atomic E-state index is 12.8. The van der Waals surface area contributed by atoms with E-state index in [2.05, 4.69) is 4.57 Å². The number of aromatic nitrogens is 2. The van der Waals surface area contributed by atoms with Crippen LogP contribution in [0.2, 0.25) is 10.0 Å². The molecule has 0 amide bonds. The predicted octanol–water partition coefficient (Wildman–Crippen LogP) is 8.89. The monoisotopic (exact) mass is 689 g/mol. The van der Waals surface area contributed by atoms with Crippen molar-refractivity contribution in [3.63, 3.8) is 0 Å². The Bertz CT molecular complexity index is 2010. The molecule has 0 spiro atoms. The van der Waals surface area contributed by atoms with Crippen molar-refractivity contribution in [3.8, 4) is 33.9 Å².